The third kappa shape index (κ3) is 3.74. The van der Waals surface area contributed by atoms with Gasteiger partial charge in [0.2, 0.25) is 0 Å². The Labute approximate surface area is 237 Å². The lowest BCUT2D eigenvalue weighted by Crippen LogP contribution is -2.46. The molecule has 1 N–H and O–H groups in total. The van der Waals surface area contributed by atoms with Crippen molar-refractivity contribution in [3.63, 3.8) is 0 Å². The molecular weight excluding hydrogens is 552 g/mol. The quantitative estimate of drug-likeness (QED) is 0.235. The summed E-state index contributed by atoms with van der Waals surface area (Å²) < 4.78 is 47.1. The van der Waals surface area contributed by atoms with Crippen LogP contribution >= 0.6 is 11.3 Å². The molecule has 4 aromatic rings. The summed E-state index contributed by atoms with van der Waals surface area (Å²) in [6.45, 7) is 0.230. The van der Waals surface area contributed by atoms with Gasteiger partial charge in [0.05, 0.1) is 41.7 Å². The summed E-state index contributed by atoms with van der Waals surface area (Å²) >= 11 is 1.50. The Bertz CT molecular complexity index is 1720. The summed E-state index contributed by atoms with van der Waals surface area (Å²) in [5.41, 5.74) is 2.06. The van der Waals surface area contributed by atoms with E-state index in [9.17, 15) is 18.7 Å². The molecule has 3 heterocycles. The van der Waals surface area contributed by atoms with Gasteiger partial charge in [0.25, 0.3) is 0 Å². The van der Waals surface area contributed by atoms with Crippen LogP contribution in [0.15, 0.2) is 34.9 Å². The highest BCUT2D eigenvalue weighted by atomic mass is 32.1. The fraction of sp³-hybridized carbons (Fsp3) is 0.433. The lowest BCUT2D eigenvalue weighted by molar-refractivity contribution is -0.0160. The third-order valence-electron chi connectivity index (χ3n) is 9.46. The molecule has 8 nitrogen and oxygen atoms in total. The minimum Gasteiger partial charge on any atom is -0.494 e. The number of thiazole rings is 1. The number of rotatable bonds is 8. The van der Waals surface area contributed by atoms with Crippen LogP contribution in [0.5, 0.6) is 5.75 Å². The number of hydrogen-bond donors (Lipinski definition) is 1. The Balaban J connectivity index is 1.04. The molecule has 0 amide bonds. The van der Waals surface area contributed by atoms with Gasteiger partial charge in [-0.1, -0.05) is 22.6 Å². The van der Waals surface area contributed by atoms with Gasteiger partial charge in [-0.05, 0) is 68.7 Å². The normalized spacial score (nSPS) is 26.4. The van der Waals surface area contributed by atoms with Gasteiger partial charge in [-0.15, -0.1) is 0 Å². The largest absolute Gasteiger partial charge is 0.494 e. The highest BCUT2D eigenvalue weighted by molar-refractivity contribution is 7.22. The van der Waals surface area contributed by atoms with Crippen LogP contribution in [0.3, 0.4) is 0 Å². The molecule has 2 aromatic carbocycles. The first-order valence-electron chi connectivity index (χ1n) is 13.9. The molecule has 4 atom stereocenters. The Hall–Kier alpha value is -3.57. The van der Waals surface area contributed by atoms with Gasteiger partial charge in [0.15, 0.2) is 16.8 Å². The molecule has 1 saturated heterocycles. The zero-order valence-electron chi connectivity index (χ0n) is 22.2. The van der Waals surface area contributed by atoms with E-state index in [2.05, 4.69) is 10.1 Å². The molecule has 4 fully saturated rings. The zero-order valence-corrected chi connectivity index (χ0v) is 23.0. The van der Waals surface area contributed by atoms with E-state index < -0.39 is 17.6 Å². The maximum absolute atomic E-state index is 14.7. The number of aromatic carboxylic acids is 1. The summed E-state index contributed by atoms with van der Waals surface area (Å²) in [5, 5.41) is 14.5. The molecule has 3 aliphatic carbocycles. The van der Waals surface area contributed by atoms with Gasteiger partial charge in [-0.2, -0.15) is 0 Å². The Morgan fingerprint density at radius 2 is 2.10 bits per heavy atom. The number of methoxy groups -OCH3 is 1. The van der Waals surface area contributed by atoms with E-state index in [0.717, 1.165) is 60.2 Å². The van der Waals surface area contributed by atoms with Gasteiger partial charge >= 0.3 is 5.97 Å². The molecule has 0 bridgehead atoms. The Morgan fingerprint density at radius 1 is 1.24 bits per heavy atom. The summed E-state index contributed by atoms with van der Waals surface area (Å²) in [6, 6.07) is 7.55. The molecule has 11 heteroatoms. The van der Waals surface area contributed by atoms with Crippen LogP contribution in [-0.4, -0.2) is 46.0 Å². The first-order chi connectivity index (χ1) is 19.9. The van der Waals surface area contributed by atoms with E-state index in [1.54, 1.807) is 6.07 Å². The van der Waals surface area contributed by atoms with E-state index in [1.165, 1.54) is 36.6 Å². The smallest absolute Gasteiger partial charge is 0.335 e. The number of halogens is 2. The molecule has 4 unspecified atom stereocenters. The number of carboxylic acid groups (broad SMARTS) is 1. The molecule has 8 rings (SSSR count). The molecule has 0 radical (unpaired) electrons. The van der Waals surface area contributed by atoms with E-state index in [-0.39, 0.29) is 41.3 Å². The van der Waals surface area contributed by atoms with Gasteiger partial charge in [-0.3, -0.25) is 0 Å². The number of carboxylic acids is 1. The van der Waals surface area contributed by atoms with Crippen molar-refractivity contribution in [2.24, 2.45) is 5.92 Å². The van der Waals surface area contributed by atoms with E-state index in [4.69, 9.17) is 19.0 Å². The van der Waals surface area contributed by atoms with Crippen molar-refractivity contribution in [3.8, 4) is 17.0 Å². The molecule has 41 heavy (non-hydrogen) atoms. The van der Waals surface area contributed by atoms with Crippen LogP contribution in [0.25, 0.3) is 21.5 Å². The fourth-order valence-corrected chi connectivity index (χ4v) is 8.31. The van der Waals surface area contributed by atoms with Crippen molar-refractivity contribution < 1.29 is 32.7 Å². The number of benzene rings is 2. The average molecular weight is 580 g/mol. The monoisotopic (exact) mass is 579 g/mol. The van der Waals surface area contributed by atoms with Crippen LogP contribution in [0, 0.1) is 17.6 Å². The number of hydrogen-bond acceptors (Lipinski definition) is 8. The van der Waals surface area contributed by atoms with Gasteiger partial charge in [-0.25, -0.2) is 18.6 Å². The van der Waals surface area contributed by atoms with Crippen LogP contribution < -0.4 is 9.64 Å². The fourth-order valence-electron chi connectivity index (χ4n) is 7.15. The average Bonchev–Trinajstić information content (AvgIpc) is 3.83. The number of ether oxygens (including phenoxy) is 2. The van der Waals surface area contributed by atoms with Gasteiger partial charge < -0.3 is 24.0 Å². The Morgan fingerprint density at radius 3 is 2.83 bits per heavy atom. The second kappa shape index (κ2) is 8.96. The van der Waals surface area contributed by atoms with Crippen molar-refractivity contribution in [2.75, 3.05) is 12.0 Å². The minimum atomic E-state index is -1.00. The number of anilines is 1. The van der Waals surface area contributed by atoms with Crippen molar-refractivity contribution in [3.05, 3.63) is 58.9 Å². The molecule has 1 aliphatic heterocycles. The summed E-state index contributed by atoms with van der Waals surface area (Å²) in [4.78, 5) is 18.9. The number of fused-ring (bicyclic) bond motifs is 1. The second-order valence-electron chi connectivity index (χ2n) is 11.6. The van der Waals surface area contributed by atoms with Crippen LogP contribution in [-0.2, 0) is 11.3 Å². The maximum atomic E-state index is 14.7. The molecular formula is C30H27F2N3O5S. The summed E-state index contributed by atoms with van der Waals surface area (Å²) in [7, 11) is 1.53. The molecule has 4 aliphatic rings. The van der Waals surface area contributed by atoms with E-state index in [1.807, 2.05) is 0 Å². The highest BCUT2D eigenvalue weighted by Gasteiger charge is 2.73. The van der Waals surface area contributed by atoms with Gasteiger partial charge in [0.1, 0.15) is 22.7 Å². The van der Waals surface area contributed by atoms with Crippen LogP contribution in [0.1, 0.15) is 66.1 Å². The van der Waals surface area contributed by atoms with Gasteiger partial charge in [0, 0.05) is 17.0 Å². The topological polar surface area (TPSA) is 97.7 Å². The SMILES string of the molecule is COc1cc(C(=O)O)cc2sc(N3C4CC(OCc5c(-c6cccc(F)c6F)noc5C5CC5)CC5CCC543)nc12. The van der Waals surface area contributed by atoms with E-state index >= 15 is 0 Å². The number of aromatic nitrogens is 2. The molecule has 1 spiro atoms. The minimum absolute atomic E-state index is 0.00175. The Kier molecular flexibility index (Phi) is 5.50. The van der Waals surface area contributed by atoms with Crippen molar-refractivity contribution in [2.45, 2.75) is 68.7 Å². The van der Waals surface area contributed by atoms with E-state index in [0.29, 0.717) is 28.4 Å². The zero-order chi connectivity index (χ0) is 28.0. The third-order valence-corrected chi connectivity index (χ3v) is 10.5. The molecule has 2 aromatic heterocycles. The lowest BCUT2D eigenvalue weighted by atomic mass is 9.64. The highest BCUT2D eigenvalue weighted by Crippen LogP contribution is 2.67. The molecule has 3 saturated carbocycles. The van der Waals surface area contributed by atoms with Crippen LogP contribution in [0.2, 0.25) is 0 Å². The molecule has 212 valence electrons. The predicted octanol–water partition coefficient (Wildman–Crippen LogP) is 6.53. The predicted molar refractivity (Wildman–Crippen MR) is 146 cm³/mol. The maximum Gasteiger partial charge on any atom is 0.335 e. The van der Waals surface area contributed by atoms with Crippen molar-refractivity contribution >= 4 is 32.7 Å². The number of nitrogens with zero attached hydrogens (tertiary/aromatic N) is 3. The first kappa shape index (κ1) is 25.2. The van der Waals surface area contributed by atoms with Crippen molar-refractivity contribution in [1.29, 1.82) is 0 Å². The second-order valence-corrected chi connectivity index (χ2v) is 12.6. The standard InChI is InChI=1S/C30H27F2N3O5S/c1-38-21-9-15(28(36)37)10-22-26(21)33-29(41-22)35-23-12-17(11-16-7-8-30(16,23)35)39-13-19-25(34-40-27(19)14-5-6-14)18-3-2-4-20(31)24(18)32/h2-4,9-10,14,16-17,23H,5-8,11-13H2,1H3,(H,36,37). The van der Waals surface area contributed by atoms with Crippen LogP contribution in [0.4, 0.5) is 13.9 Å². The first-order valence-corrected chi connectivity index (χ1v) is 14.8. The number of carbonyl (C=O) groups is 1. The summed E-state index contributed by atoms with van der Waals surface area (Å²) in [5.74, 6) is -0.957. The summed E-state index contributed by atoms with van der Waals surface area (Å²) in [6.07, 6.45) is 5.93. The lowest BCUT2D eigenvalue weighted by Gasteiger charge is -2.42. The van der Waals surface area contributed by atoms with Crippen molar-refractivity contribution in [1.82, 2.24) is 10.1 Å².